The third-order valence-electron chi connectivity index (χ3n) is 2.58. The number of rotatable bonds is 6. The summed E-state index contributed by atoms with van der Waals surface area (Å²) in [6, 6.07) is 6.29. The van der Waals surface area contributed by atoms with Gasteiger partial charge in [-0.3, -0.25) is 9.59 Å². The van der Waals surface area contributed by atoms with E-state index in [-0.39, 0.29) is 6.42 Å². The van der Waals surface area contributed by atoms with Crippen molar-refractivity contribution in [3.8, 4) is 0 Å². The molecular weight excluding hydrogens is 296 g/mol. The molecule has 1 amide bonds. The smallest absolute Gasteiger partial charge is 0.307 e. The molecule has 8 heteroatoms. The molecule has 0 aliphatic carbocycles. The van der Waals surface area contributed by atoms with Crippen molar-refractivity contribution in [2.45, 2.75) is 25.8 Å². The highest BCUT2D eigenvalue weighted by Crippen LogP contribution is 2.13. The van der Waals surface area contributed by atoms with Gasteiger partial charge in [0.2, 0.25) is 15.9 Å². The number of hydrogen-bond acceptors (Lipinski definition) is 4. The fourth-order valence-electron chi connectivity index (χ4n) is 1.68. The number of amides is 1. The van der Waals surface area contributed by atoms with Gasteiger partial charge in [-0.15, -0.1) is 0 Å². The Morgan fingerprint density at radius 2 is 1.71 bits per heavy atom. The maximum atomic E-state index is 12.0. The van der Waals surface area contributed by atoms with Crippen LogP contribution in [0.1, 0.15) is 19.4 Å². The van der Waals surface area contributed by atoms with Crippen molar-refractivity contribution < 1.29 is 23.1 Å². The molecule has 0 spiro atoms. The summed E-state index contributed by atoms with van der Waals surface area (Å²) in [4.78, 5) is 22.6. The summed E-state index contributed by atoms with van der Waals surface area (Å²) in [6.45, 7) is 2.89. The second kappa shape index (κ2) is 6.23. The number of sulfonamides is 1. The van der Waals surface area contributed by atoms with Crippen LogP contribution in [0.15, 0.2) is 24.3 Å². The third-order valence-corrected chi connectivity index (χ3v) is 3.46. The first kappa shape index (κ1) is 17.1. The number of aliphatic carboxylic acids is 1. The molecule has 0 heterocycles. The first-order valence-electron chi connectivity index (χ1n) is 6.11. The average Bonchev–Trinajstić information content (AvgIpc) is 2.27. The maximum absolute atomic E-state index is 12.0. The molecule has 0 aromatic heterocycles. The van der Waals surface area contributed by atoms with Crippen molar-refractivity contribution in [1.82, 2.24) is 4.72 Å². The molecule has 0 unspecified atom stereocenters. The SMILES string of the molecule is CC(C)(NS(C)(=O)=O)C(=O)Nc1ccc(CC(=O)O)cc1. The van der Waals surface area contributed by atoms with Crippen LogP contribution < -0.4 is 10.0 Å². The van der Waals surface area contributed by atoms with Crippen molar-refractivity contribution in [3.63, 3.8) is 0 Å². The molecule has 0 aliphatic rings. The van der Waals surface area contributed by atoms with Gasteiger partial charge in [-0.25, -0.2) is 13.1 Å². The highest BCUT2D eigenvalue weighted by atomic mass is 32.2. The second-order valence-electron chi connectivity index (χ2n) is 5.22. The lowest BCUT2D eigenvalue weighted by molar-refractivity contribution is -0.136. The van der Waals surface area contributed by atoms with Gasteiger partial charge in [0.25, 0.3) is 0 Å². The van der Waals surface area contributed by atoms with Gasteiger partial charge in [0.05, 0.1) is 12.7 Å². The van der Waals surface area contributed by atoms with Gasteiger partial charge in [-0.05, 0) is 31.5 Å². The fraction of sp³-hybridized carbons (Fsp3) is 0.385. The second-order valence-corrected chi connectivity index (χ2v) is 6.97. The van der Waals surface area contributed by atoms with Crippen LogP contribution in [0.2, 0.25) is 0 Å². The molecule has 0 saturated heterocycles. The minimum atomic E-state index is -3.52. The van der Waals surface area contributed by atoms with Gasteiger partial charge in [-0.1, -0.05) is 12.1 Å². The van der Waals surface area contributed by atoms with Crippen LogP contribution in [-0.2, 0) is 26.0 Å². The predicted molar refractivity (Wildman–Crippen MR) is 78.5 cm³/mol. The lowest BCUT2D eigenvalue weighted by Crippen LogP contribution is -2.51. The van der Waals surface area contributed by atoms with E-state index in [1.807, 2.05) is 0 Å². The molecule has 0 atom stereocenters. The molecule has 0 saturated carbocycles. The molecule has 0 bridgehead atoms. The maximum Gasteiger partial charge on any atom is 0.307 e. The summed E-state index contributed by atoms with van der Waals surface area (Å²) in [6.07, 6.45) is 0.873. The number of benzene rings is 1. The van der Waals surface area contributed by atoms with Crippen LogP contribution in [-0.4, -0.2) is 37.2 Å². The summed E-state index contributed by atoms with van der Waals surface area (Å²) in [5, 5.41) is 11.2. The molecule has 0 aliphatic heterocycles. The minimum absolute atomic E-state index is 0.102. The Labute approximate surface area is 123 Å². The summed E-state index contributed by atoms with van der Waals surface area (Å²) >= 11 is 0. The van der Waals surface area contributed by atoms with E-state index in [1.165, 1.54) is 13.8 Å². The molecule has 1 rings (SSSR count). The van der Waals surface area contributed by atoms with Crippen molar-refractivity contribution in [2.24, 2.45) is 0 Å². The number of carbonyl (C=O) groups is 2. The van der Waals surface area contributed by atoms with Crippen molar-refractivity contribution in [3.05, 3.63) is 29.8 Å². The number of carboxylic acids is 1. The largest absolute Gasteiger partial charge is 0.481 e. The predicted octanol–water partition coefficient (Wildman–Crippen LogP) is 0.580. The zero-order chi connectivity index (χ0) is 16.3. The third kappa shape index (κ3) is 5.92. The Hall–Kier alpha value is -1.93. The highest BCUT2D eigenvalue weighted by molar-refractivity contribution is 7.88. The monoisotopic (exact) mass is 314 g/mol. The van der Waals surface area contributed by atoms with Gasteiger partial charge in [0.15, 0.2) is 0 Å². The van der Waals surface area contributed by atoms with Crippen LogP contribution in [0, 0.1) is 0 Å². The number of anilines is 1. The highest BCUT2D eigenvalue weighted by Gasteiger charge is 2.30. The van der Waals surface area contributed by atoms with Gasteiger partial charge < -0.3 is 10.4 Å². The van der Waals surface area contributed by atoms with Gasteiger partial charge in [-0.2, -0.15) is 0 Å². The van der Waals surface area contributed by atoms with Crippen molar-refractivity contribution in [2.75, 3.05) is 11.6 Å². The molecule has 1 aromatic rings. The minimum Gasteiger partial charge on any atom is -0.481 e. The lowest BCUT2D eigenvalue weighted by Gasteiger charge is -2.23. The number of carbonyl (C=O) groups excluding carboxylic acids is 1. The molecule has 116 valence electrons. The summed E-state index contributed by atoms with van der Waals surface area (Å²) in [5.41, 5.74) is -0.237. The van der Waals surface area contributed by atoms with Gasteiger partial charge in [0.1, 0.15) is 5.54 Å². The summed E-state index contributed by atoms with van der Waals surface area (Å²) < 4.78 is 24.6. The Balaban J connectivity index is 2.76. The topological polar surface area (TPSA) is 113 Å². The quantitative estimate of drug-likeness (QED) is 0.711. The average molecular weight is 314 g/mol. The van der Waals surface area contributed by atoms with Crippen LogP contribution >= 0.6 is 0 Å². The molecular formula is C13H18N2O5S. The van der Waals surface area contributed by atoms with Crippen LogP contribution in [0.5, 0.6) is 0 Å². The first-order chi connectivity index (χ1) is 9.49. The van der Waals surface area contributed by atoms with Crippen LogP contribution in [0.25, 0.3) is 0 Å². The first-order valence-corrected chi connectivity index (χ1v) is 8.00. The van der Waals surface area contributed by atoms with Gasteiger partial charge >= 0.3 is 5.97 Å². The zero-order valence-electron chi connectivity index (χ0n) is 12.0. The standard InChI is InChI=1S/C13H18N2O5S/c1-13(2,15-21(3,19)20)12(18)14-10-6-4-9(5-7-10)8-11(16)17/h4-7,15H,8H2,1-3H3,(H,14,18)(H,16,17). The number of nitrogens with one attached hydrogen (secondary N) is 2. The van der Waals surface area contributed by atoms with E-state index in [2.05, 4.69) is 10.0 Å². The van der Waals surface area contributed by atoms with Gasteiger partial charge in [0, 0.05) is 5.69 Å². The Kier molecular flexibility index (Phi) is 5.08. The number of hydrogen-bond donors (Lipinski definition) is 3. The van der Waals surface area contributed by atoms with E-state index < -0.39 is 27.4 Å². The fourth-order valence-corrected chi connectivity index (χ4v) is 2.70. The van der Waals surface area contributed by atoms with Crippen LogP contribution in [0.3, 0.4) is 0 Å². The Morgan fingerprint density at radius 3 is 2.14 bits per heavy atom. The normalized spacial score (nSPS) is 12.0. The molecule has 21 heavy (non-hydrogen) atoms. The molecule has 0 radical (unpaired) electrons. The molecule has 1 aromatic carbocycles. The Morgan fingerprint density at radius 1 is 1.19 bits per heavy atom. The van der Waals surface area contributed by atoms with E-state index in [1.54, 1.807) is 24.3 Å². The number of carboxylic acid groups (broad SMARTS) is 1. The van der Waals surface area contributed by atoms with Crippen molar-refractivity contribution >= 4 is 27.6 Å². The molecule has 3 N–H and O–H groups in total. The zero-order valence-corrected chi connectivity index (χ0v) is 12.8. The molecule has 7 nitrogen and oxygen atoms in total. The summed E-state index contributed by atoms with van der Waals surface area (Å²) in [7, 11) is -3.52. The lowest BCUT2D eigenvalue weighted by atomic mass is 10.1. The van der Waals surface area contributed by atoms with Crippen molar-refractivity contribution in [1.29, 1.82) is 0 Å². The van der Waals surface area contributed by atoms with E-state index in [9.17, 15) is 18.0 Å². The van der Waals surface area contributed by atoms with E-state index >= 15 is 0 Å². The van der Waals surface area contributed by atoms with E-state index in [0.717, 1.165) is 6.26 Å². The molecule has 0 fully saturated rings. The Bertz CT molecular complexity index is 635. The van der Waals surface area contributed by atoms with E-state index in [0.29, 0.717) is 11.3 Å². The van der Waals surface area contributed by atoms with Crippen LogP contribution in [0.4, 0.5) is 5.69 Å². The van der Waals surface area contributed by atoms with E-state index in [4.69, 9.17) is 5.11 Å². The summed E-state index contributed by atoms with van der Waals surface area (Å²) in [5.74, 6) is -1.45.